The summed E-state index contributed by atoms with van der Waals surface area (Å²) in [6, 6.07) is 1.68. The minimum absolute atomic E-state index is 0.152. The van der Waals surface area contributed by atoms with E-state index in [0.29, 0.717) is 23.7 Å². The number of pyridine rings is 1. The number of aromatic nitrogens is 1. The highest BCUT2D eigenvalue weighted by Gasteiger charge is 2.24. The van der Waals surface area contributed by atoms with Crippen LogP contribution in [0.1, 0.15) is 28.9 Å². The number of amides is 1. The maximum atomic E-state index is 12.2. The van der Waals surface area contributed by atoms with E-state index >= 15 is 0 Å². The van der Waals surface area contributed by atoms with Crippen molar-refractivity contribution < 1.29 is 9.90 Å². The van der Waals surface area contributed by atoms with Crippen LogP contribution in [0.4, 0.5) is 0 Å². The van der Waals surface area contributed by atoms with E-state index in [1.165, 1.54) is 6.20 Å². The highest BCUT2D eigenvalue weighted by Crippen LogP contribution is 2.20. The average Bonchev–Trinajstić information content (AvgIpc) is 2.28. The van der Waals surface area contributed by atoms with E-state index in [2.05, 4.69) is 4.98 Å². The highest BCUT2D eigenvalue weighted by atomic mass is 35.5. The third kappa shape index (κ3) is 2.76. The number of halogens is 1. The van der Waals surface area contributed by atoms with Crippen molar-refractivity contribution in [3.8, 4) is 0 Å². The van der Waals surface area contributed by atoms with Crippen LogP contribution < -0.4 is 0 Å². The summed E-state index contributed by atoms with van der Waals surface area (Å²) in [4.78, 5) is 17.9. The van der Waals surface area contributed by atoms with Gasteiger partial charge in [0.05, 0.1) is 16.7 Å². The minimum Gasteiger partial charge on any atom is -0.391 e. The molecular formula is C12H15ClN2O2. The Hall–Kier alpha value is -1.13. The van der Waals surface area contributed by atoms with Crippen molar-refractivity contribution in [3.05, 3.63) is 28.5 Å². The summed E-state index contributed by atoms with van der Waals surface area (Å²) in [5, 5.41) is 9.97. The van der Waals surface area contributed by atoms with Gasteiger partial charge in [-0.3, -0.25) is 9.78 Å². The van der Waals surface area contributed by atoms with Crippen molar-refractivity contribution in [2.45, 2.75) is 25.9 Å². The number of hydrogen-bond acceptors (Lipinski definition) is 3. The molecule has 1 aliphatic rings. The zero-order valence-electron chi connectivity index (χ0n) is 9.69. The molecule has 0 bridgehead atoms. The molecule has 4 nitrogen and oxygen atoms in total. The van der Waals surface area contributed by atoms with Crippen LogP contribution in [-0.2, 0) is 0 Å². The molecule has 1 aliphatic heterocycles. The van der Waals surface area contributed by atoms with E-state index in [1.807, 2.05) is 6.92 Å². The number of likely N-dealkylation sites (tertiary alicyclic amines) is 1. The predicted molar refractivity (Wildman–Crippen MR) is 65.1 cm³/mol. The fourth-order valence-corrected chi connectivity index (χ4v) is 2.28. The van der Waals surface area contributed by atoms with Gasteiger partial charge in [-0.25, -0.2) is 0 Å². The summed E-state index contributed by atoms with van der Waals surface area (Å²) in [6.45, 7) is 2.87. The first-order chi connectivity index (χ1) is 8.08. The second-order valence-corrected chi connectivity index (χ2v) is 4.76. The van der Waals surface area contributed by atoms with Crippen LogP contribution in [0.25, 0.3) is 0 Å². The molecular weight excluding hydrogens is 240 g/mol. The van der Waals surface area contributed by atoms with Crippen LogP contribution >= 0.6 is 11.6 Å². The molecule has 1 N–H and O–H groups in total. The zero-order valence-corrected chi connectivity index (χ0v) is 10.4. The van der Waals surface area contributed by atoms with Gasteiger partial charge in [0, 0.05) is 25.0 Å². The fourth-order valence-electron chi connectivity index (χ4n) is 1.99. The van der Waals surface area contributed by atoms with Gasteiger partial charge in [0.15, 0.2) is 0 Å². The number of nitrogens with zero attached hydrogens (tertiary/aromatic N) is 2. The number of piperidine rings is 1. The Kier molecular flexibility index (Phi) is 3.64. The lowest BCUT2D eigenvalue weighted by Gasteiger charge is -2.30. The molecule has 0 aromatic carbocycles. The van der Waals surface area contributed by atoms with Gasteiger partial charge in [0.25, 0.3) is 5.91 Å². The third-order valence-corrected chi connectivity index (χ3v) is 3.22. The number of aryl methyl sites for hydroxylation is 1. The molecule has 0 saturated carbocycles. The first kappa shape index (κ1) is 12.3. The molecule has 0 aliphatic carbocycles. The molecule has 1 saturated heterocycles. The molecule has 2 rings (SSSR count). The number of aliphatic hydroxyl groups excluding tert-OH is 1. The fraction of sp³-hybridized carbons (Fsp3) is 0.500. The van der Waals surface area contributed by atoms with E-state index in [9.17, 15) is 9.90 Å². The van der Waals surface area contributed by atoms with Crippen molar-refractivity contribution >= 4 is 17.5 Å². The summed E-state index contributed by atoms with van der Waals surface area (Å²) in [5.41, 5.74) is 1.19. The molecule has 0 spiro atoms. The summed E-state index contributed by atoms with van der Waals surface area (Å²) in [7, 11) is 0. The molecule has 92 valence electrons. The first-order valence-corrected chi connectivity index (χ1v) is 6.05. The molecule has 2 heterocycles. The van der Waals surface area contributed by atoms with Crippen LogP contribution in [-0.4, -0.2) is 40.1 Å². The lowest BCUT2D eigenvalue weighted by molar-refractivity contribution is 0.0473. The van der Waals surface area contributed by atoms with Crippen molar-refractivity contribution in [1.29, 1.82) is 0 Å². The maximum Gasteiger partial charge on any atom is 0.257 e. The molecule has 1 unspecified atom stereocenters. The quantitative estimate of drug-likeness (QED) is 0.829. The minimum atomic E-state index is -0.426. The summed E-state index contributed by atoms with van der Waals surface area (Å²) >= 11 is 6.03. The molecule has 1 fully saturated rings. The van der Waals surface area contributed by atoms with E-state index in [-0.39, 0.29) is 5.91 Å². The molecule has 1 amide bonds. The summed E-state index contributed by atoms with van der Waals surface area (Å²) in [5.74, 6) is -0.152. The first-order valence-electron chi connectivity index (χ1n) is 5.67. The monoisotopic (exact) mass is 254 g/mol. The van der Waals surface area contributed by atoms with Crippen molar-refractivity contribution in [1.82, 2.24) is 9.88 Å². The number of aliphatic hydroxyl groups is 1. The lowest BCUT2D eigenvalue weighted by Crippen LogP contribution is -2.42. The summed E-state index contributed by atoms with van der Waals surface area (Å²) in [6.07, 6.45) is 2.65. The molecule has 17 heavy (non-hydrogen) atoms. The van der Waals surface area contributed by atoms with Crippen molar-refractivity contribution in [2.75, 3.05) is 13.1 Å². The van der Waals surface area contributed by atoms with Gasteiger partial charge < -0.3 is 10.0 Å². The number of carbonyl (C=O) groups is 1. The molecule has 1 aromatic rings. The van der Waals surface area contributed by atoms with Crippen LogP contribution in [0.5, 0.6) is 0 Å². The molecule has 5 heteroatoms. The Morgan fingerprint density at radius 1 is 1.65 bits per heavy atom. The van der Waals surface area contributed by atoms with E-state index in [1.54, 1.807) is 11.0 Å². The van der Waals surface area contributed by atoms with Crippen LogP contribution in [0.2, 0.25) is 5.02 Å². The second kappa shape index (κ2) is 5.02. The van der Waals surface area contributed by atoms with Crippen molar-refractivity contribution in [2.24, 2.45) is 0 Å². The zero-order chi connectivity index (χ0) is 12.4. The lowest BCUT2D eigenvalue weighted by atomic mass is 10.1. The maximum absolute atomic E-state index is 12.2. The topological polar surface area (TPSA) is 53.4 Å². The van der Waals surface area contributed by atoms with Gasteiger partial charge >= 0.3 is 0 Å². The largest absolute Gasteiger partial charge is 0.391 e. The number of rotatable bonds is 1. The van der Waals surface area contributed by atoms with E-state index in [4.69, 9.17) is 11.6 Å². The van der Waals surface area contributed by atoms with Crippen molar-refractivity contribution in [3.63, 3.8) is 0 Å². The molecule has 1 atom stereocenters. The van der Waals surface area contributed by atoms with Gasteiger partial charge in [-0.2, -0.15) is 0 Å². The standard InChI is InChI=1S/C12H15ClN2O2/c1-8-5-11(13)10(6-14-8)12(17)15-4-2-3-9(16)7-15/h5-6,9,16H,2-4,7H2,1H3. The predicted octanol–water partition coefficient (Wildman–Crippen LogP) is 1.64. The van der Waals surface area contributed by atoms with Gasteiger partial charge in [0.1, 0.15) is 0 Å². The second-order valence-electron chi connectivity index (χ2n) is 4.35. The van der Waals surface area contributed by atoms with Crippen LogP contribution in [0, 0.1) is 6.92 Å². The normalized spacial score (nSPS) is 20.4. The molecule has 0 radical (unpaired) electrons. The third-order valence-electron chi connectivity index (χ3n) is 2.90. The van der Waals surface area contributed by atoms with Crippen LogP contribution in [0.15, 0.2) is 12.3 Å². The smallest absolute Gasteiger partial charge is 0.257 e. The van der Waals surface area contributed by atoms with Gasteiger partial charge in [-0.05, 0) is 25.8 Å². The van der Waals surface area contributed by atoms with E-state index in [0.717, 1.165) is 18.5 Å². The number of β-amino-alcohol motifs (C(OH)–C–C–N with tert-alkyl or cyclic N) is 1. The SMILES string of the molecule is Cc1cc(Cl)c(C(=O)N2CCCC(O)C2)cn1. The van der Waals surface area contributed by atoms with Crippen LogP contribution in [0.3, 0.4) is 0 Å². The Bertz CT molecular complexity index is 437. The van der Waals surface area contributed by atoms with Gasteiger partial charge in [-0.1, -0.05) is 11.6 Å². The Morgan fingerprint density at radius 2 is 2.41 bits per heavy atom. The number of hydrogen-bond donors (Lipinski definition) is 1. The Labute approximate surface area is 105 Å². The number of carbonyl (C=O) groups excluding carboxylic acids is 1. The Balaban J connectivity index is 2.18. The van der Waals surface area contributed by atoms with Gasteiger partial charge in [0.2, 0.25) is 0 Å². The Morgan fingerprint density at radius 3 is 3.06 bits per heavy atom. The highest BCUT2D eigenvalue weighted by molar-refractivity contribution is 6.33. The average molecular weight is 255 g/mol. The van der Waals surface area contributed by atoms with E-state index < -0.39 is 6.10 Å². The summed E-state index contributed by atoms with van der Waals surface area (Å²) < 4.78 is 0. The van der Waals surface area contributed by atoms with Gasteiger partial charge in [-0.15, -0.1) is 0 Å². The molecule has 1 aromatic heterocycles.